The van der Waals surface area contributed by atoms with Gasteiger partial charge in [-0.1, -0.05) is 4.49 Å². The summed E-state index contributed by atoms with van der Waals surface area (Å²) >= 11 is 0.884. The molecule has 9 nitrogen and oxygen atoms in total. The Kier molecular flexibility index (Phi) is 6.19. The summed E-state index contributed by atoms with van der Waals surface area (Å²) in [6, 6.07) is 1.88. The van der Waals surface area contributed by atoms with Crippen LogP contribution in [0.5, 0.6) is 0 Å². The number of amides is 1. The molecule has 0 unspecified atom stereocenters. The van der Waals surface area contributed by atoms with Crippen molar-refractivity contribution in [2.45, 2.75) is 33.6 Å². The average Bonchev–Trinajstić information content (AvgIpc) is 3.03. The van der Waals surface area contributed by atoms with Gasteiger partial charge in [0.1, 0.15) is 11.6 Å². The Morgan fingerprint density at radius 3 is 2.77 bits per heavy atom. The van der Waals surface area contributed by atoms with Gasteiger partial charge in [-0.2, -0.15) is 5.26 Å². The van der Waals surface area contributed by atoms with Crippen molar-refractivity contribution in [3.05, 3.63) is 38.4 Å². The molecule has 2 aromatic heterocycles. The maximum absolute atomic E-state index is 12.2. The maximum Gasteiger partial charge on any atom is 0.362 e. The summed E-state index contributed by atoms with van der Waals surface area (Å²) in [7, 11) is 0. The van der Waals surface area contributed by atoms with E-state index in [1.165, 1.54) is 0 Å². The van der Waals surface area contributed by atoms with Gasteiger partial charge in [-0.3, -0.25) is 9.59 Å². The minimum absolute atomic E-state index is 0.0339. The van der Waals surface area contributed by atoms with Gasteiger partial charge >= 0.3 is 5.97 Å². The van der Waals surface area contributed by atoms with Crippen molar-refractivity contribution in [3.8, 4) is 6.07 Å². The third-order valence-electron chi connectivity index (χ3n) is 3.73. The van der Waals surface area contributed by atoms with Crippen molar-refractivity contribution in [2.75, 3.05) is 11.9 Å². The molecule has 0 radical (unpaired) electrons. The van der Waals surface area contributed by atoms with Gasteiger partial charge in [0.05, 0.1) is 6.61 Å². The molecule has 10 heteroatoms. The first-order valence-electron chi connectivity index (χ1n) is 7.80. The summed E-state index contributed by atoms with van der Waals surface area (Å²) in [6.07, 6.45) is 0.425. The Bertz CT molecular complexity index is 941. The molecular formula is C16H17N5O4S. The highest BCUT2D eigenvalue weighted by Crippen LogP contribution is 2.20. The van der Waals surface area contributed by atoms with E-state index in [9.17, 15) is 14.4 Å². The van der Waals surface area contributed by atoms with Crippen LogP contribution >= 0.6 is 11.5 Å². The molecule has 2 N–H and O–H groups in total. The van der Waals surface area contributed by atoms with Crippen LogP contribution in [0.3, 0.4) is 0 Å². The number of hydrogen-bond donors (Lipinski definition) is 2. The number of aryl methyl sites for hydroxylation is 1. The molecule has 2 aromatic rings. The number of carbonyl (C=O) groups is 2. The lowest BCUT2D eigenvalue weighted by atomic mass is 9.99. The Balaban J connectivity index is 2.10. The first-order chi connectivity index (χ1) is 12.4. The number of nitriles is 1. The van der Waals surface area contributed by atoms with Crippen LogP contribution < -0.4 is 10.9 Å². The first-order valence-corrected chi connectivity index (χ1v) is 8.58. The van der Waals surface area contributed by atoms with Crippen molar-refractivity contribution < 1.29 is 14.3 Å². The molecule has 0 saturated carbocycles. The third kappa shape index (κ3) is 4.12. The molecule has 0 fully saturated rings. The van der Waals surface area contributed by atoms with Gasteiger partial charge in [-0.05, 0) is 38.3 Å². The van der Waals surface area contributed by atoms with E-state index in [0.717, 1.165) is 17.1 Å². The van der Waals surface area contributed by atoms with E-state index < -0.39 is 11.5 Å². The van der Waals surface area contributed by atoms with Crippen molar-refractivity contribution in [1.29, 1.82) is 5.26 Å². The van der Waals surface area contributed by atoms with E-state index in [-0.39, 0.29) is 35.2 Å². The number of aromatic amines is 1. The minimum Gasteiger partial charge on any atom is -0.461 e. The summed E-state index contributed by atoms with van der Waals surface area (Å²) in [5.41, 5.74) is 1.49. The zero-order chi connectivity index (χ0) is 19.3. The van der Waals surface area contributed by atoms with Gasteiger partial charge in [0, 0.05) is 23.6 Å². The van der Waals surface area contributed by atoms with E-state index >= 15 is 0 Å². The Morgan fingerprint density at radius 2 is 2.12 bits per heavy atom. The lowest BCUT2D eigenvalue weighted by Crippen LogP contribution is -2.19. The van der Waals surface area contributed by atoms with Crippen LogP contribution in [0.15, 0.2) is 4.79 Å². The maximum atomic E-state index is 12.2. The molecule has 0 aliphatic heterocycles. The number of nitrogens with one attached hydrogen (secondary N) is 2. The van der Waals surface area contributed by atoms with Crippen LogP contribution in [0.4, 0.5) is 5.00 Å². The fraction of sp³-hybridized carbons (Fsp3) is 0.375. The third-order valence-corrected chi connectivity index (χ3v) is 4.37. The molecule has 2 heterocycles. The molecule has 26 heavy (non-hydrogen) atoms. The highest BCUT2D eigenvalue weighted by Gasteiger charge is 2.20. The van der Waals surface area contributed by atoms with E-state index in [0.29, 0.717) is 17.7 Å². The number of carbonyl (C=O) groups excluding carboxylic acids is 2. The van der Waals surface area contributed by atoms with Crippen molar-refractivity contribution >= 4 is 28.4 Å². The standard InChI is InChI=1S/C16H17N5O4S/c1-4-25-16(24)13-15(26-21-20-13)19-12(22)6-5-10-8(2)11(7-17)14(23)18-9(10)3/h4-6H2,1-3H3,(H,18,23)(H,19,22). The predicted octanol–water partition coefficient (Wildman–Crippen LogP) is 1.46. The SMILES string of the molecule is CCOC(=O)c1nnsc1NC(=O)CCc1c(C)[nH]c(=O)c(C#N)c1C. The predicted molar refractivity (Wildman–Crippen MR) is 94.1 cm³/mol. The summed E-state index contributed by atoms with van der Waals surface area (Å²) < 4.78 is 8.51. The van der Waals surface area contributed by atoms with E-state index in [1.807, 2.05) is 6.07 Å². The fourth-order valence-electron chi connectivity index (χ4n) is 2.45. The van der Waals surface area contributed by atoms with Crippen LogP contribution in [0.25, 0.3) is 0 Å². The van der Waals surface area contributed by atoms with Crippen LogP contribution in [0, 0.1) is 25.2 Å². The summed E-state index contributed by atoms with van der Waals surface area (Å²) in [5.74, 6) is -0.993. The van der Waals surface area contributed by atoms with E-state index in [2.05, 4.69) is 19.9 Å². The highest BCUT2D eigenvalue weighted by molar-refractivity contribution is 7.10. The zero-order valence-electron chi connectivity index (χ0n) is 14.5. The molecule has 1 amide bonds. The van der Waals surface area contributed by atoms with Crippen molar-refractivity contribution in [1.82, 2.24) is 14.6 Å². The normalized spacial score (nSPS) is 10.2. The van der Waals surface area contributed by atoms with Gasteiger partial charge in [-0.25, -0.2) is 4.79 Å². The van der Waals surface area contributed by atoms with Crippen LogP contribution in [-0.4, -0.2) is 33.1 Å². The van der Waals surface area contributed by atoms with Crippen LogP contribution in [0.1, 0.15) is 46.2 Å². The number of aromatic nitrogens is 3. The monoisotopic (exact) mass is 375 g/mol. The van der Waals surface area contributed by atoms with Crippen molar-refractivity contribution in [2.24, 2.45) is 0 Å². The second-order valence-corrected chi connectivity index (χ2v) is 6.14. The lowest BCUT2D eigenvalue weighted by Gasteiger charge is -2.10. The van der Waals surface area contributed by atoms with E-state index in [1.54, 1.807) is 20.8 Å². The lowest BCUT2D eigenvalue weighted by molar-refractivity contribution is -0.116. The smallest absolute Gasteiger partial charge is 0.362 e. The number of esters is 1. The molecule has 0 aliphatic carbocycles. The van der Waals surface area contributed by atoms with Crippen LogP contribution in [0.2, 0.25) is 0 Å². The number of pyridine rings is 1. The largest absolute Gasteiger partial charge is 0.461 e. The summed E-state index contributed by atoms with van der Waals surface area (Å²) in [4.78, 5) is 38.3. The Hall–Kier alpha value is -3.06. The quantitative estimate of drug-likeness (QED) is 0.729. The van der Waals surface area contributed by atoms with Crippen LogP contribution in [-0.2, 0) is 16.0 Å². The second kappa shape index (κ2) is 8.35. The molecule has 0 aromatic carbocycles. The number of nitrogens with zero attached hydrogens (tertiary/aromatic N) is 3. The van der Waals surface area contributed by atoms with Gasteiger partial charge < -0.3 is 15.0 Å². The van der Waals surface area contributed by atoms with E-state index in [4.69, 9.17) is 10.00 Å². The molecule has 0 spiro atoms. The van der Waals surface area contributed by atoms with Crippen molar-refractivity contribution in [3.63, 3.8) is 0 Å². The van der Waals surface area contributed by atoms with Gasteiger partial charge in [-0.15, -0.1) is 5.10 Å². The number of hydrogen-bond acceptors (Lipinski definition) is 8. The number of ether oxygens (including phenoxy) is 1. The number of H-pyrrole nitrogens is 1. The molecular weight excluding hydrogens is 358 g/mol. The molecule has 0 saturated heterocycles. The van der Waals surface area contributed by atoms with Gasteiger partial charge in [0.25, 0.3) is 5.56 Å². The molecule has 0 atom stereocenters. The number of rotatable bonds is 6. The Labute approximate surface area is 153 Å². The zero-order valence-corrected chi connectivity index (χ0v) is 15.3. The summed E-state index contributed by atoms with van der Waals surface area (Å²) in [6.45, 7) is 5.25. The topological polar surface area (TPSA) is 138 Å². The summed E-state index contributed by atoms with van der Waals surface area (Å²) in [5, 5.41) is 15.6. The highest BCUT2D eigenvalue weighted by atomic mass is 32.1. The minimum atomic E-state index is -0.650. The second-order valence-electron chi connectivity index (χ2n) is 5.39. The molecule has 0 bridgehead atoms. The fourth-order valence-corrected chi connectivity index (χ4v) is 3.03. The molecule has 0 aliphatic rings. The average molecular weight is 375 g/mol. The molecule has 136 valence electrons. The van der Waals surface area contributed by atoms with Gasteiger partial charge in [0.2, 0.25) is 11.6 Å². The van der Waals surface area contributed by atoms with Gasteiger partial charge in [0.15, 0.2) is 5.00 Å². The first kappa shape index (κ1) is 19.3. The Morgan fingerprint density at radius 1 is 1.38 bits per heavy atom. The molecule has 2 rings (SSSR count). The number of anilines is 1.